The van der Waals surface area contributed by atoms with Crippen LogP contribution in [0.5, 0.6) is 0 Å². The molecule has 14 heavy (non-hydrogen) atoms. The number of rotatable bonds is 2. The van der Waals surface area contributed by atoms with E-state index in [2.05, 4.69) is 0 Å². The van der Waals surface area contributed by atoms with E-state index in [1.165, 1.54) is 17.0 Å². The minimum atomic E-state index is -0.442. The standard InChI is InChI=1S/C11H14FNO/c1-4-8-5-6-9(10(12)7-8)11(14)13(2)3/h5-7H,4H2,1-3H3. The van der Waals surface area contributed by atoms with Crippen LogP contribution in [0, 0.1) is 5.82 Å². The zero-order chi connectivity index (χ0) is 10.7. The molecule has 0 aliphatic heterocycles. The van der Waals surface area contributed by atoms with Gasteiger partial charge in [-0.3, -0.25) is 4.79 Å². The number of halogens is 1. The van der Waals surface area contributed by atoms with Gasteiger partial charge >= 0.3 is 0 Å². The summed E-state index contributed by atoms with van der Waals surface area (Å²) in [4.78, 5) is 12.8. The summed E-state index contributed by atoms with van der Waals surface area (Å²) in [6.45, 7) is 1.95. The molecule has 0 saturated carbocycles. The minimum Gasteiger partial charge on any atom is -0.345 e. The Hall–Kier alpha value is -1.38. The van der Waals surface area contributed by atoms with Gasteiger partial charge in [0.05, 0.1) is 5.56 Å². The molecule has 0 saturated heterocycles. The SMILES string of the molecule is CCc1ccc(C(=O)N(C)C)c(F)c1. The van der Waals surface area contributed by atoms with Crippen molar-refractivity contribution in [3.63, 3.8) is 0 Å². The largest absolute Gasteiger partial charge is 0.345 e. The fourth-order valence-electron chi connectivity index (χ4n) is 1.19. The molecule has 1 amide bonds. The monoisotopic (exact) mass is 195 g/mol. The Bertz CT molecular complexity index is 347. The van der Waals surface area contributed by atoms with Gasteiger partial charge in [-0.15, -0.1) is 0 Å². The van der Waals surface area contributed by atoms with Gasteiger partial charge in [-0.25, -0.2) is 4.39 Å². The highest BCUT2D eigenvalue weighted by Gasteiger charge is 2.13. The van der Waals surface area contributed by atoms with Gasteiger partial charge in [0.25, 0.3) is 5.91 Å². The van der Waals surface area contributed by atoms with Crippen molar-refractivity contribution in [2.45, 2.75) is 13.3 Å². The normalized spacial score (nSPS) is 10.0. The van der Waals surface area contributed by atoms with Crippen molar-refractivity contribution >= 4 is 5.91 Å². The molecular formula is C11H14FNO. The molecule has 0 bridgehead atoms. The molecule has 0 atom stereocenters. The van der Waals surface area contributed by atoms with E-state index < -0.39 is 5.82 Å². The molecule has 3 heteroatoms. The molecule has 0 unspecified atom stereocenters. The smallest absolute Gasteiger partial charge is 0.256 e. The Kier molecular flexibility index (Phi) is 3.23. The second kappa shape index (κ2) is 4.22. The number of carbonyl (C=O) groups excluding carboxylic acids is 1. The van der Waals surface area contributed by atoms with Crippen molar-refractivity contribution in [2.75, 3.05) is 14.1 Å². The van der Waals surface area contributed by atoms with Crippen molar-refractivity contribution in [3.05, 3.63) is 35.1 Å². The Morgan fingerprint density at radius 3 is 2.50 bits per heavy atom. The number of benzene rings is 1. The Labute approximate surface area is 83.3 Å². The van der Waals surface area contributed by atoms with Gasteiger partial charge in [0.2, 0.25) is 0 Å². The van der Waals surface area contributed by atoms with E-state index in [0.29, 0.717) is 0 Å². The summed E-state index contributed by atoms with van der Waals surface area (Å²) in [7, 11) is 3.21. The van der Waals surface area contributed by atoms with Crippen LogP contribution in [0.15, 0.2) is 18.2 Å². The molecule has 0 heterocycles. The molecule has 1 aromatic carbocycles. The van der Waals surface area contributed by atoms with E-state index in [0.717, 1.165) is 12.0 Å². The third-order valence-corrected chi connectivity index (χ3v) is 2.08. The van der Waals surface area contributed by atoms with Crippen LogP contribution in [0.25, 0.3) is 0 Å². The Morgan fingerprint density at radius 1 is 1.43 bits per heavy atom. The van der Waals surface area contributed by atoms with Crippen molar-refractivity contribution in [1.29, 1.82) is 0 Å². The highest BCUT2D eigenvalue weighted by atomic mass is 19.1. The summed E-state index contributed by atoms with van der Waals surface area (Å²) in [6, 6.07) is 4.73. The van der Waals surface area contributed by atoms with Gasteiger partial charge in [0, 0.05) is 14.1 Å². The lowest BCUT2D eigenvalue weighted by atomic mass is 10.1. The molecule has 0 aliphatic rings. The number of hydrogen-bond acceptors (Lipinski definition) is 1. The lowest BCUT2D eigenvalue weighted by Gasteiger charge is -2.11. The first-order valence-corrected chi connectivity index (χ1v) is 4.56. The van der Waals surface area contributed by atoms with Gasteiger partial charge in [0.15, 0.2) is 0 Å². The quantitative estimate of drug-likeness (QED) is 0.707. The lowest BCUT2D eigenvalue weighted by Crippen LogP contribution is -2.22. The molecule has 0 aromatic heterocycles. The Balaban J connectivity index is 3.06. The average molecular weight is 195 g/mol. The molecular weight excluding hydrogens is 181 g/mol. The van der Waals surface area contributed by atoms with Gasteiger partial charge in [-0.05, 0) is 24.1 Å². The van der Waals surface area contributed by atoms with E-state index in [1.807, 2.05) is 6.92 Å². The molecule has 0 fully saturated rings. The summed E-state index contributed by atoms with van der Waals surface area (Å²) in [5.74, 6) is -0.742. The maximum absolute atomic E-state index is 13.4. The number of carbonyl (C=O) groups is 1. The predicted molar refractivity (Wildman–Crippen MR) is 53.8 cm³/mol. The van der Waals surface area contributed by atoms with Crippen LogP contribution in [-0.4, -0.2) is 24.9 Å². The minimum absolute atomic E-state index is 0.132. The average Bonchev–Trinajstić information content (AvgIpc) is 2.16. The fraction of sp³-hybridized carbons (Fsp3) is 0.364. The predicted octanol–water partition coefficient (Wildman–Crippen LogP) is 2.09. The molecule has 0 N–H and O–H groups in total. The molecule has 1 aromatic rings. The zero-order valence-electron chi connectivity index (χ0n) is 8.67. The van der Waals surface area contributed by atoms with Crippen LogP contribution in [0.2, 0.25) is 0 Å². The molecule has 2 nitrogen and oxygen atoms in total. The highest BCUT2D eigenvalue weighted by Crippen LogP contribution is 2.12. The first-order valence-electron chi connectivity index (χ1n) is 4.56. The van der Waals surface area contributed by atoms with Gasteiger partial charge in [0.1, 0.15) is 5.82 Å². The molecule has 1 rings (SSSR count). The van der Waals surface area contributed by atoms with Crippen molar-refractivity contribution < 1.29 is 9.18 Å². The first kappa shape index (κ1) is 10.7. The molecule has 76 valence electrons. The van der Waals surface area contributed by atoms with Crippen LogP contribution in [0.4, 0.5) is 4.39 Å². The second-order valence-electron chi connectivity index (χ2n) is 3.37. The van der Waals surface area contributed by atoms with Gasteiger partial charge < -0.3 is 4.90 Å². The fourth-order valence-corrected chi connectivity index (χ4v) is 1.19. The van der Waals surface area contributed by atoms with E-state index in [-0.39, 0.29) is 11.5 Å². The molecule has 0 spiro atoms. The maximum Gasteiger partial charge on any atom is 0.256 e. The van der Waals surface area contributed by atoms with Gasteiger partial charge in [-0.1, -0.05) is 13.0 Å². The second-order valence-corrected chi connectivity index (χ2v) is 3.37. The summed E-state index contributed by atoms with van der Waals surface area (Å²) in [6.07, 6.45) is 0.771. The number of aryl methyl sites for hydroxylation is 1. The summed E-state index contributed by atoms with van der Waals surface area (Å²) < 4.78 is 13.4. The molecule has 0 radical (unpaired) electrons. The first-order chi connectivity index (χ1) is 6.56. The third-order valence-electron chi connectivity index (χ3n) is 2.08. The Morgan fingerprint density at radius 2 is 2.07 bits per heavy atom. The van der Waals surface area contributed by atoms with Crippen molar-refractivity contribution in [1.82, 2.24) is 4.90 Å². The topological polar surface area (TPSA) is 20.3 Å². The maximum atomic E-state index is 13.4. The molecule has 0 aliphatic carbocycles. The van der Waals surface area contributed by atoms with Crippen LogP contribution in [-0.2, 0) is 6.42 Å². The van der Waals surface area contributed by atoms with Crippen molar-refractivity contribution in [3.8, 4) is 0 Å². The highest BCUT2D eigenvalue weighted by molar-refractivity contribution is 5.94. The van der Waals surface area contributed by atoms with Crippen LogP contribution < -0.4 is 0 Å². The number of hydrogen-bond donors (Lipinski definition) is 0. The van der Waals surface area contributed by atoms with Crippen LogP contribution >= 0.6 is 0 Å². The summed E-state index contributed by atoms with van der Waals surface area (Å²) in [5, 5.41) is 0. The summed E-state index contributed by atoms with van der Waals surface area (Å²) >= 11 is 0. The third kappa shape index (κ3) is 2.10. The van der Waals surface area contributed by atoms with E-state index in [4.69, 9.17) is 0 Å². The number of amides is 1. The van der Waals surface area contributed by atoms with Gasteiger partial charge in [-0.2, -0.15) is 0 Å². The summed E-state index contributed by atoms with van der Waals surface area (Å²) in [5.41, 5.74) is 1.03. The van der Waals surface area contributed by atoms with Crippen LogP contribution in [0.3, 0.4) is 0 Å². The lowest BCUT2D eigenvalue weighted by molar-refractivity contribution is 0.0823. The zero-order valence-corrected chi connectivity index (χ0v) is 8.67. The van der Waals surface area contributed by atoms with E-state index in [1.54, 1.807) is 20.2 Å². The number of nitrogens with zero attached hydrogens (tertiary/aromatic N) is 1. The van der Waals surface area contributed by atoms with E-state index >= 15 is 0 Å². The van der Waals surface area contributed by atoms with E-state index in [9.17, 15) is 9.18 Å². The van der Waals surface area contributed by atoms with Crippen molar-refractivity contribution in [2.24, 2.45) is 0 Å². The van der Waals surface area contributed by atoms with Crippen LogP contribution in [0.1, 0.15) is 22.8 Å².